The van der Waals surface area contributed by atoms with Crippen LogP contribution in [0, 0.1) is 0 Å². The van der Waals surface area contributed by atoms with Crippen LogP contribution < -0.4 is 16.7 Å². The molecule has 0 fully saturated rings. The molecule has 0 aliphatic carbocycles. The van der Waals surface area contributed by atoms with E-state index in [0.717, 1.165) is 0 Å². The van der Waals surface area contributed by atoms with Gasteiger partial charge in [-0.25, -0.2) is 4.79 Å². The lowest BCUT2D eigenvalue weighted by molar-refractivity contribution is -0.117. The van der Waals surface area contributed by atoms with Crippen LogP contribution in [0.25, 0.3) is 11.0 Å². The van der Waals surface area contributed by atoms with Gasteiger partial charge in [-0.1, -0.05) is 6.92 Å². The molecule has 1 heterocycles. The topological polar surface area (TPSA) is 104 Å². The molecule has 0 bridgehead atoms. The number of imidazole rings is 1. The molecule has 90 valence electrons. The highest BCUT2D eigenvalue weighted by Crippen LogP contribution is 2.14. The minimum atomic E-state index is -0.518. The summed E-state index contributed by atoms with van der Waals surface area (Å²) >= 11 is 0. The maximum Gasteiger partial charge on any atom is 0.323 e. The summed E-state index contributed by atoms with van der Waals surface area (Å²) in [7, 11) is 0. The van der Waals surface area contributed by atoms with Crippen LogP contribution in [0.1, 0.15) is 13.3 Å². The molecule has 0 saturated heterocycles. The lowest BCUT2D eigenvalue weighted by Crippen LogP contribution is -2.34. The largest absolute Gasteiger partial charge is 0.325 e. The normalized spacial score (nSPS) is 12.6. The minimum Gasteiger partial charge on any atom is -0.325 e. The second-order valence-corrected chi connectivity index (χ2v) is 3.84. The molecule has 0 radical (unpaired) electrons. The Kier molecular flexibility index (Phi) is 2.97. The molecule has 5 N–H and O–H groups in total. The molecule has 1 atom stereocenters. The fraction of sp³-hybridized carbons (Fsp3) is 0.273. The highest BCUT2D eigenvalue weighted by atomic mass is 16.2. The van der Waals surface area contributed by atoms with E-state index in [2.05, 4.69) is 15.3 Å². The Balaban J connectivity index is 2.24. The highest BCUT2D eigenvalue weighted by Gasteiger charge is 2.11. The summed E-state index contributed by atoms with van der Waals surface area (Å²) in [5, 5.41) is 2.69. The van der Waals surface area contributed by atoms with Gasteiger partial charge in [-0.15, -0.1) is 0 Å². The number of aromatic nitrogens is 2. The summed E-state index contributed by atoms with van der Waals surface area (Å²) in [6, 6.07) is 4.61. The molecule has 0 aliphatic rings. The van der Waals surface area contributed by atoms with Crippen molar-refractivity contribution in [2.24, 2.45) is 5.73 Å². The second kappa shape index (κ2) is 4.42. The molecule has 0 spiro atoms. The van der Waals surface area contributed by atoms with Crippen LogP contribution in [-0.2, 0) is 4.79 Å². The third-order valence-corrected chi connectivity index (χ3v) is 2.56. The van der Waals surface area contributed by atoms with Gasteiger partial charge in [0.2, 0.25) is 5.91 Å². The average molecular weight is 234 g/mol. The van der Waals surface area contributed by atoms with Crippen molar-refractivity contribution in [1.29, 1.82) is 0 Å². The third kappa shape index (κ3) is 2.36. The van der Waals surface area contributed by atoms with Crippen LogP contribution in [0.4, 0.5) is 5.69 Å². The average Bonchev–Trinajstić information content (AvgIpc) is 2.67. The summed E-state index contributed by atoms with van der Waals surface area (Å²) in [5.74, 6) is -0.232. The van der Waals surface area contributed by atoms with Gasteiger partial charge >= 0.3 is 5.69 Å². The van der Waals surface area contributed by atoms with Gasteiger partial charge < -0.3 is 21.0 Å². The predicted molar refractivity (Wildman–Crippen MR) is 65.8 cm³/mol. The summed E-state index contributed by atoms with van der Waals surface area (Å²) in [5.41, 5.74) is 7.30. The fourth-order valence-corrected chi connectivity index (χ4v) is 1.53. The molecule has 1 aromatic carbocycles. The Morgan fingerprint density at radius 1 is 1.41 bits per heavy atom. The number of benzene rings is 1. The van der Waals surface area contributed by atoms with Crippen molar-refractivity contribution < 1.29 is 4.79 Å². The number of nitrogens with one attached hydrogen (secondary N) is 3. The van der Waals surface area contributed by atoms with Crippen molar-refractivity contribution in [2.45, 2.75) is 19.4 Å². The van der Waals surface area contributed by atoms with E-state index in [1.54, 1.807) is 18.2 Å². The first kappa shape index (κ1) is 11.4. The van der Waals surface area contributed by atoms with E-state index in [1.165, 1.54) is 0 Å². The molecule has 2 rings (SSSR count). The van der Waals surface area contributed by atoms with Crippen molar-refractivity contribution in [2.75, 3.05) is 5.32 Å². The lowest BCUT2D eigenvalue weighted by Gasteiger charge is -2.09. The molecular formula is C11H14N4O2. The van der Waals surface area contributed by atoms with E-state index in [1.807, 2.05) is 6.92 Å². The molecule has 6 nitrogen and oxygen atoms in total. The van der Waals surface area contributed by atoms with Crippen LogP contribution in [-0.4, -0.2) is 21.9 Å². The Hall–Kier alpha value is -2.08. The van der Waals surface area contributed by atoms with Crippen LogP contribution >= 0.6 is 0 Å². The maximum absolute atomic E-state index is 11.6. The highest BCUT2D eigenvalue weighted by molar-refractivity contribution is 5.96. The molecule has 1 aromatic heterocycles. The van der Waals surface area contributed by atoms with Crippen molar-refractivity contribution in [3.63, 3.8) is 0 Å². The number of amides is 1. The minimum absolute atomic E-state index is 0.232. The molecule has 0 aliphatic heterocycles. The van der Waals surface area contributed by atoms with Crippen molar-refractivity contribution in [3.8, 4) is 0 Å². The number of anilines is 1. The number of nitrogens with two attached hydrogens (primary N) is 1. The van der Waals surface area contributed by atoms with Crippen molar-refractivity contribution >= 4 is 22.6 Å². The zero-order valence-corrected chi connectivity index (χ0v) is 9.41. The fourth-order valence-electron chi connectivity index (χ4n) is 1.53. The molecule has 6 heteroatoms. The molecule has 2 aromatic rings. The Morgan fingerprint density at radius 2 is 2.12 bits per heavy atom. The van der Waals surface area contributed by atoms with E-state index in [0.29, 0.717) is 23.1 Å². The van der Waals surface area contributed by atoms with Crippen LogP contribution in [0.3, 0.4) is 0 Å². The first-order chi connectivity index (χ1) is 8.10. The van der Waals surface area contributed by atoms with Crippen molar-refractivity contribution in [3.05, 3.63) is 28.7 Å². The van der Waals surface area contributed by atoms with Gasteiger partial charge in [0.25, 0.3) is 0 Å². The van der Waals surface area contributed by atoms with E-state index in [9.17, 15) is 9.59 Å². The first-order valence-electron chi connectivity index (χ1n) is 5.38. The van der Waals surface area contributed by atoms with Crippen LogP contribution in [0.5, 0.6) is 0 Å². The number of aromatic amines is 2. The van der Waals surface area contributed by atoms with Gasteiger partial charge in [-0.3, -0.25) is 4.79 Å². The zero-order chi connectivity index (χ0) is 12.4. The number of fused-ring (bicyclic) bond motifs is 1. The smallest absolute Gasteiger partial charge is 0.323 e. The van der Waals surface area contributed by atoms with Crippen LogP contribution in [0.2, 0.25) is 0 Å². The number of carbonyl (C=O) groups is 1. The van der Waals surface area contributed by atoms with E-state index >= 15 is 0 Å². The Labute approximate surface area is 97.2 Å². The summed E-state index contributed by atoms with van der Waals surface area (Å²) < 4.78 is 0. The number of H-pyrrole nitrogens is 2. The maximum atomic E-state index is 11.6. The summed E-state index contributed by atoms with van der Waals surface area (Å²) in [6.07, 6.45) is 0.578. The van der Waals surface area contributed by atoms with Crippen LogP contribution in [0.15, 0.2) is 23.0 Å². The van der Waals surface area contributed by atoms with Gasteiger partial charge in [0.05, 0.1) is 17.1 Å². The summed E-state index contributed by atoms with van der Waals surface area (Å²) in [4.78, 5) is 27.9. The SMILES string of the molecule is CC[C@@H](N)C(=O)Nc1ccc2[nH]c(=O)[nH]c2c1. The predicted octanol–water partition coefficient (Wildman–Crippen LogP) is 0.532. The van der Waals surface area contributed by atoms with Gasteiger partial charge in [-0.2, -0.15) is 0 Å². The lowest BCUT2D eigenvalue weighted by atomic mass is 10.2. The van der Waals surface area contributed by atoms with Gasteiger partial charge in [0, 0.05) is 5.69 Å². The van der Waals surface area contributed by atoms with Gasteiger partial charge in [-0.05, 0) is 24.6 Å². The molecule has 0 saturated carbocycles. The summed E-state index contributed by atoms with van der Waals surface area (Å²) in [6.45, 7) is 1.84. The Morgan fingerprint density at radius 3 is 2.82 bits per heavy atom. The van der Waals surface area contributed by atoms with E-state index < -0.39 is 6.04 Å². The second-order valence-electron chi connectivity index (χ2n) is 3.84. The molecule has 17 heavy (non-hydrogen) atoms. The number of carbonyl (C=O) groups excluding carboxylic acids is 1. The third-order valence-electron chi connectivity index (χ3n) is 2.56. The number of hydrogen-bond acceptors (Lipinski definition) is 3. The monoisotopic (exact) mass is 234 g/mol. The molecular weight excluding hydrogens is 220 g/mol. The number of rotatable bonds is 3. The standard InChI is InChI=1S/C11H14N4O2/c1-2-7(12)10(16)13-6-3-4-8-9(5-6)15-11(17)14-8/h3-5,7H,2,12H2,1H3,(H,13,16)(H2,14,15,17)/t7-/m1/s1. The van der Waals surface area contributed by atoms with Gasteiger partial charge in [0.1, 0.15) is 0 Å². The van der Waals surface area contributed by atoms with Crippen molar-refractivity contribution in [1.82, 2.24) is 9.97 Å². The molecule has 1 amide bonds. The quantitative estimate of drug-likeness (QED) is 0.622. The number of hydrogen-bond donors (Lipinski definition) is 4. The Bertz CT molecular complexity index is 599. The zero-order valence-electron chi connectivity index (χ0n) is 9.41. The molecule has 0 unspecified atom stereocenters. The first-order valence-corrected chi connectivity index (χ1v) is 5.38. The van der Waals surface area contributed by atoms with E-state index in [4.69, 9.17) is 5.73 Å². The van der Waals surface area contributed by atoms with Gasteiger partial charge in [0.15, 0.2) is 0 Å². The van der Waals surface area contributed by atoms with E-state index in [-0.39, 0.29) is 11.6 Å².